The molecule has 3 aromatic heterocycles. The van der Waals surface area contributed by atoms with E-state index in [9.17, 15) is 14.4 Å². The molecule has 0 bridgehead atoms. The molecule has 0 saturated heterocycles. The molecule has 30 heavy (non-hydrogen) atoms. The number of carbonyl (C=O) groups is 1. The van der Waals surface area contributed by atoms with E-state index in [1.165, 1.54) is 12.1 Å². The van der Waals surface area contributed by atoms with Crippen LogP contribution in [0.1, 0.15) is 12.6 Å². The van der Waals surface area contributed by atoms with E-state index < -0.39 is 11.0 Å². The maximum atomic E-state index is 12.6. The maximum absolute atomic E-state index is 12.6. The van der Waals surface area contributed by atoms with Gasteiger partial charge in [0.1, 0.15) is 5.75 Å². The topological polar surface area (TPSA) is 134 Å². The predicted molar refractivity (Wildman–Crippen MR) is 109 cm³/mol. The third-order valence-electron chi connectivity index (χ3n) is 4.64. The Bertz CT molecular complexity index is 1330. The second-order valence-corrected chi connectivity index (χ2v) is 6.53. The highest BCUT2D eigenvalue weighted by Gasteiger charge is 2.15. The van der Waals surface area contributed by atoms with Gasteiger partial charge in [-0.05, 0) is 31.2 Å². The molecule has 0 fully saturated rings. The van der Waals surface area contributed by atoms with Crippen molar-refractivity contribution in [3.63, 3.8) is 0 Å². The molecule has 1 aromatic carbocycles. The predicted octanol–water partition coefficient (Wildman–Crippen LogP) is 0.982. The summed E-state index contributed by atoms with van der Waals surface area (Å²) < 4.78 is 5.61. The summed E-state index contributed by atoms with van der Waals surface area (Å²) in [4.78, 5) is 45.9. The summed E-state index contributed by atoms with van der Waals surface area (Å²) >= 11 is 0. The fraction of sp³-hybridized carbons (Fsp3) is 0.200. The number of ether oxygens (including phenoxy) is 1. The number of amides is 1. The Morgan fingerprint density at radius 3 is 2.73 bits per heavy atom. The SMILES string of the molecule is CCN(Cc1ccccn1)C(=O)COc1ccc2c(=O)c3n[nH]nc3c(=O)[nH]c2c1. The number of aromatic amines is 2. The zero-order valence-electron chi connectivity index (χ0n) is 16.1. The zero-order chi connectivity index (χ0) is 21.1. The van der Waals surface area contributed by atoms with Crippen LogP contribution < -0.4 is 15.7 Å². The molecule has 0 radical (unpaired) electrons. The number of aromatic nitrogens is 5. The van der Waals surface area contributed by atoms with Gasteiger partial charge in [0.15, 0.2) is 17.6 Å². The van der Waals surface area contributed by atoms with Gasteiger partial charge in [-0.15, -0.1) is 0 Å². The first kappa shape index (κ1) is 19.2. The second-order valence-electron chi connectivity index (χ2n) is 6.53. The van der Waals surface area contributed by atoms with Crippen LogP contribution in [0.2, 0.25) is 0 Å². The summed E-state index contributed by atoms with van der Waals surface area (Å²) in [6, 6.07) is 10.1. The van der Waals surface area contributed by atoms with E-state index in [1.54, 1.807) is 17.2 Å². The van der Waals surface area contributed by atoms with E-state index in [4.69, 9.17) is 4.74 Å². The van der Waals surface area contributed by atoms with Crippen LogP contribution >= 0.6 is 0 Å². The van der Waals surface area contributed by atoms with E-state index in [-0.39, 0.29) is 34.5 Å². The molecule has 0 spiro atoms. The molecule has 0 aliphatic carbocycles. The molecule has 10 nitrogen and oxygen atoms in total. The first-order valence-corrected chi connectivity index (χ1v) is 9.28. The number of hydrogen-bond donors (Lipinski definition) is 2. The summed E-state index contributed by atoms with van der Waals surface area (Å²) in [6.07, 6.45) is 1.68. The molecule has 0 aliphatic heterocycles. The zero-order valence-corrected chi connectivity index (χ0v) is 16.1. The highest BCUT2D eigenvalue weighted by atomic mass is 16.5. The average Bonchev–Trinajstić information content (AvgIpc) is 3.23. The van der Waals surface area contributed by atoms with Crippen LogP contribution in [0, 0.1) is 0 Å². The molecular formula is C20H18N6O4. The first-order valence-electron chi connectivity index (χ1n) is 9.28. The van der Waals surface area contributed by atoms with Gasteiger partial charge in [0, 0.05) is 24.2 Å². The molecule has 2 N–H and O–H groups in total. The monoisotopic (exact) mass is 406 g/mol. The lowest BCUT2D eigenvalue weighted by atomic mass is 10.2. The van der Waals surface area contributed by atoms with Crippen molar-refractivity contribution < 1.29 is 9.53 Å². The smallest absolute Gasteiger partial charge is 0.278 e. The molecule has 0 unspecified atom stereocenters. The van der Waals surface area contributed by atoms with Crippen molar-refractivity contribution >= 4 is 27.8 Å². The molecule has 10 heteroatoms. The highest BCUT2D eigenvalue weighted by Crippen LogP contribution is 2.17. The van der Waals surface area contributed by atoms with E-state index >= 15 is 0 Å². The summed E-state index contributed by atoms with van der Waals surface area (Å²) in [5.74, 6) is 0.140. The van der Waals surface area contributed by atoms with Gasteiger partial charge < -0.3 is 14.6 Å². The van der Waals surface area contributed by atoms with Crippen molar-refractivity contribution in [2.24, 2.45) is 0 Å². The second kappa shape index (κ2) is 8.11. The van der Waals surface area contributed by atoms with Crippen molar-refractivity contribution in [2.45, 2.75) is 13.5 Å². The number of fused-ring (bicyclic) bond motifs is 2. The van der Waals surface area contributed by atoms with E-state index in [0.29, 0.717) is 18.8 Å². The maximum Gasteiger partial charge on any atom is 0.278 e. The number of nitrogens with zero attached hydrogens (tertiary/aromatic N) is 4. The Hall–Kier alpha value is -4.08. The number of hydrogen-bond acceptors (Lipinski definition) is 7. The van der Waals surface area contributed by atoms with Crippen molar-refractivity contribution in [2.75, 3.05) is 13.2 Å². The largest absolute Gasteiger partial charge is 0.484 e. The molecule has 1 amide bonds. The number of pyridine rings is 1. The van der Waals surface area contributed by atoms with Crippen LogP contribution in [0.25, 0.3) is 21.9 Å². The third-order valence-corrected chi connectivity index (χ3v) is 4.64. The molecule has 0 saturated carbocycles. The van der Waals surface area contributed by atoms with E-state index in [1.807, 2.05) is 25.1 Å². The summed E-state index contributed by atoms with van der Waals surface area (Å²) in [7, 11) is 0. The summed E-state index contributed by atoms with van der Waals surface area (Å²) in [6.45, 7) is 2.57. The number of nitrogens with one attached hydrogen (secondary N) is 2. The van der Waals surface area contributed by atoms with Crippen LogP contribution in [-0.2, 0) is 11.3 Å². The molecule has 3 heterocycles. The van der Waals surface area contributed by atoms with Gasteiger partial charge in [0.2, 0.25) is 5.43 Å². The number of carbonyl (C=O) groups excluding carboxylic acids is 1. The molecule has 152 valence electrons. The van der Waals surface area contributed by atoms with Gasteiger partial charge in [0.25, 0.3) is 11.5 Å². The number of likely N-dealkylation sites (N-methyl/N-ethyl adjacent to an activating group) is 1. The lowest BCUT2D eigenvalue weighted by molar-refractivity contribution is -0.133. The van der Waals surface area contributed by atoms with Crippen LogP contribution in [0.15, 0.2) is 52.2 Å². The fourth-order valence-corrected chi connectivity index (χ4v) is 3.07. The minimum Gasteiger partial charge on any atom is -0.484 e. The lowest BCUT2D eigenvalue weighted by Crippen LogP contribution is -2.34. The number of benzene rings is 1. The van der Waals surface area contributed by atoms with Crippen molar-refractivity contribution in [3.05, 3.63) is 68.9 Å². The molecular weight excluding hydrogens is 388 g/mol. The molecule has 0 atom stereocenters. The Morgan fingerprint density at radius 2 is 1.97 bits per heavy atom. The lowest BCUT2D eigenvalue weighted by Gasteiger charge is -2.20. The van der Waals surface area contributed by atoms with Gasteiger partial charge in [-0.2, -0.15) is 15.4 Å². The van der Waals surface area contributed by atoms with Crippen LogP contribution in [-0.4, -0.2) is 49.3 Å². The summed E-state index contributed by atoms with van der Waals surface area (Å²) in [5, 5.41) is 10.0. The Kier molecular flexibility index (Phi) is 5.21. The fourth-order valence-electron chi connectivity index (χ4n) is 3.07. The normalized spacial score (nSPS) is 11.0. The van der Waals surface area contributed by atoms with Crippen molar-refractivity contribution in [3.8, 4) is 5.75 Å². The molecule has 0 aliphatic rings. The Labute approximate surface area is 169 Å². The van der Waals surface area contributed by atoms with Crippen molar-refractivity contribution in [1.29, 1.82) is 0 Å². The third kappa shape index (κ3) is 3.75. The minimum atomic E-state index is -0.549. The van der Waals surface area contributed by atoms with Crippen molar-refractivity contribution in [1.82, 2.24) is 30.3 Å². The molecule has 4 aromatic rings. The van der Waals surface area contributed by atoms with Gasteiger partial charge in [-0.1, -0.05) is 6.07 Å². The van der Waals surface area contributed by atoms with Crippen LogP contribution in [0.4, 0.5) is 0 Å². The van der Waals surface area contributed by atoms with Gasteiger partial charge >= 0.3 is 0 Å². The van der Waals surface area contributed by atoms with Gasteiger partial charge in [-0.25, -0.2) is 0 Å². The number of rotatable bonds is 6. The average molecular weight is 406 g/mol. The highest BCUT2D eigenvalue weighted by molar-refractivity contribution is 5.87. The number of H-pyrrole nitrogens is 2. The van der Waals surface area contributed by atoms with Crippen LogP contribution in [0.5, 0.6) is 5.75 Å². The van der Waals surface area contributed by atoms with E-state index in [2.05, 4.69) is 25.4 Å². The molecule has 4 rings (SSSR count). The minimum absolute atomic E-state index is 0.0387. The van der Waals surface area contributed by atoms with Gasteiger partial charge in [0.05, 0.1) is 17.8 Å². The van der Waals surface area contributed by atoms with E-state index in [0.717, 1.165) is 5.69 Å². The first-order chi connectivity index (χ1) is 14.6. The van der Waals surface area contributed by atoms with Gasteiger partial charge in [-0.3, -0.25) is 19.4 Å². The Morgan fingerprint density at radius 1 is 1.13 bits per heavy atom. The quantitative estimate of drug-likeness (QED) is 0.487. The standard InChI is InChI=1S/C20H18N6O4/c1-2-26(10-12-5-3-4-8-21-12)16(27)11-30-13-6-7-14-15(9-13)22-20(29)18-17(19(14)28)23-25-24-18/h3-9H,2,10-11H2,1H3,(H,22,29)(H,23,24,25). The Balaban J connectivity index is 1.55. The van der Waals surface area contributed by atoms with Crippen LogP contribution in [0.3, 0.4) is 0 Å². The summed E-state index contributed by atoms with van der Waals surface area (Å²) in [5.41, 5.74) is -0.0283.